The van der Waals surface area contributed by atoms with Gasteiger partial charge in [0.15, 0.2) is 5.82 Å². The van der Waals surface area contributed by atoms with E-state index in [0.717, 1.165) is 21.5 Å². The molecular formula is C12H16BrN5. The average Bonchev–Trinajstić information content (AvgIpc) is 2.76. The molecule has 0 aliphatic carbocycles. The largest absolute Gasteiger partial charge is 0.372 e. The van der Waals surface area contributed by atoms with Crippen LogP contribution in [0, 0.1) is 0 Å². The normalized spacial score (nSPS) is 11.0. The third kappa shape index (κ3) is 2.38. The number of halogens is 1. The molecule has 2 rings (SSSR count). The van der Waals surface area contributed by atoms with E-state index in [1.807, 2.05) is 20.3 Å². The van der Waals surface area contributed by atoms with Crippen LogP contribution in [0.4, 0.5) is 5.82 Å². The summed E-state index contributed by atoms with van der Waals surface area (Å²) in [4.78, 5) is 9.11. The molecule has 0 aromatic carbocycles. The van der Waals surface area contributed by atoms with Crippen molar-refractivity contribution in [1.82, 2.24) is 19.7 Å². The van der Waals surface area contributed by atoms with Gasteiger partial charge in [-0.1, -0.05) is 13.8 Å². The molecule has 1 N–H and O–H groups in total. The molecule has 96 valence electrons. The molecule has 0 aliphatic rings. The van der Waals surface area contributed by atoms with Crippen molar-refractivity contribution in [3.8, 4) is 11.4 Å². The Bertz CT molecular complexity index is 562. The topological polar surface area (TPSA) is 55.6 Å². The second kappa shape index (κ2) is 5.06. The van der Waals surface area contributed by atoms with Crippen LogP contribution >= 0.6 is 15.9 Å². The highest BCUT2D eigenvalue weighted by Gasteiger charge is 2.15. The van der Waals surface area contributed by atoms with Gasteiger partial charge in [-0.3, -0.25) is 4.68 Å². The number of nitrogens with zero attached hydrogens (tertiary/aromatic N) is 4. The Morgan fingerprint density at radius 1 is 1.33 bits per heavy atom. The van der Waals surface area contributed by atoms with Gasteiger partial charge in [-0.25, -0.2) is 9.97 Å². The van der Waals surface area contributed by atoms with Gasteiger partial charge in [0.2, 0.25) is 0 Å². The van der Waals surface area contributed by atoms with E-state index >= 15 is 0 Å². The Balaban J connectivity index is 2.58. The lowest BCUT2D eigenvalue weighted by molar-refractivity contribution is 0.767. The molecule has 2 aromatic heterocycles. The summed E-state index contributed by atoms with van der Waals surface area (Å²) in [6.07, 6.45) is 3.68. The lowest BCUT2D eigenvalue weighted by atomic mass is 10.1. The second-order valence-electron chi connectivity index (χ2n) is 4.40. The lowest BCUT2D eigenvalue weighted by Gasteiger charge is -2.12. The minimum atomic E-state index is 0.324. The third-order valence-electron chi connectivity index (χ3n) is 2.62. The Kier molecular flexibility index (Phi) is 3.65. The smallest absolute Gasteiger partial charge is 0.165 e. The summed E-state index contributed by atoms with van der Waals surface area (Å²) in [5, 5.41) is 7.23. The van der Waals surface area contributed by atoms with Crippen molar-refractivity contribution in [3.63, 3.8) is 0 Å². The molecule has 0 aliphatic heterocycles. The molecule has 2 heterocycles. The first-order chi connectivity index (χ1) is 8.52. The second-order valence-corrected chi connectivity index (χ2v) is 5.20. The summed E-state index contributed by atoms with van der Waals surface area (Å²) in [7, 11) is 3.73. The molecule has 5 nitrogen and oxygen atoms in total. The summed E-state index contributed by atoms with van der Waals surface area (Å²) >= 11 is 3.55. The summed E-state index contributed by atoms with van der Waals surface area (Å²) in [6, 6.07) is 0. The van der Waals surface area contributed by atoms with Gasteiger partial charge in [0, 0.05) is 20.3 Å². The molecule has 0 radical (unpaired) electrons. The van der Waals surface area contributed by atoms with Crippen LogP contribution in [0.15, 0.2) is 16.9 Å². The van der Waals surface area contributed by atoms with Crippen LogP contribution in [-0.2, 0) is 7.05 Å². The van der Waals surface area contributed by atoms with E-state index < -0.39 is 0 Å². The number of rotatable bonds is 3. The van der Waals surface area contributed by atoms with Crippen LogP contribution in [0.3, 0.4) is 0 Å². The van der Waals surface area contributed by atoms with Crippen molar-refractivity contribution in [2.24, 2.45) is 7.05 Å². The van der Waals surface area contributed by atoms with E-state index in [9.17, 15) is 0 Å². The minimum absolute atomic E-state index is 0.324. The predicted octanol–water partition coefficient (Wildman–Crippen LogP) is 2.80. The van der Waals surface area contributed by atoms with E-state index in [1.165, 1.54) is 0 Å². The zero-order valence-electron chi connectivity index (χ0n) is 10.9. The van der Waals surface area contributed by atoms with Crippen molar-refractivity contribution in [2.45, 2.75) is 19.8 Å². The maximum absolute atomic E-state index is 4.61. The van der Waals surface area contributed by atoms with Crippen molar-refractivity contribution < 1.29 is 0 Å². The van der Waals surface area contributed by atoms with E-state index in [-0.39, 0.29) is 0 Å². The fourth-order valence-electron chi connectivity index (χ4n) is 1.68. The number of hydrogen-bond acceptors (Lipinski definition) is 4. The molecule has 0 saturated carbocycles. The average molecular weight is 310 g/mol. The Morgan fingerprint density at radius 3 is 2.56 bits per heavy atom. The summed E-state index contributed by atoms with van der Waals surface area (Å²) in [5.74, 6) is 1.82. The van der Waals surface area contributed by atoms with Crippen molar-refractivity contribution >= 4 is 21.7 Å². The van der Waals surface area contributed by atoms with Gasteiger partial charge in [-0.05, 0) is 21.8 Å². The van der Waals surface area contributed by atoms with Crippen LogP contribution in [0.5, 0.6) is 0 Å². The van der Waals surface area contributed by atoms with Crippen LogP contribution in [0.25, 0.3) is 11.4 Å². The first kappa shape index (κ1) is 13.0. The highest BCUT2D eigenvalue weighted by molar-refractivity contribution is 9.10. The molecule has 0 saturated heterocycles. The predicted molar refractivity (Wildman–Crippen MR) is 75.6 cm³/mol. The fraction of sp³-hybridized carbons (Fsp3) is 0.417. The molecule has 0 unspecified atom stereocenters. The van der Waals surface area contributed by atoms with Gasteiger partial charge < -0.3 is 5.32 Å². The zero-order valence-corrected chi connectivity index (χ0v) is 12.5. The Hall–Kier alpha value is -1.43. The fourth-order valence-corrected chi connectivity index (χ4v) is 2.51. The van der Waals surface area contributed by atoms with E-state index in [2.05, 4.69) is 50.2 Å². The number of hydrogen-bond donors (Lipinski definition) is 1. The molecule has 0 atom stereocenters. The van der Waals surface area contributed by atoms with Crippen molar-refractivity contribution in [2.75, 3.05) is 12.4 Å². The first-order valence-electron chi connectivity index (χ1n) is 5.77. The lowest BCUT2D eigenvalue weighted by Crippen LogP contribution is -2.04. The third-order valence-corrected chi connectivity index (χ3v) is 3.41. The van der Waals surface area contributed by atoms with Crippen LogP contribution < -0.4 is 5.32 Å². The molecule has 2 aromatic rings. The molecule has 0 bridgehead atoms. The summed E-state index contributed by atoms with van der Waals surface area (Å²) in [6.45, 7) is 4.22. The molecule has 0 spiro atoms. The number of aromatic nitrogens is 4. The van der Waals surface area contributed by atoms with Crippen LogP contribution in [0.1, 0.15) is 25.5 Å². The SMILES string of the molecule is CNc1nc(-c2cnn(C)c2)nc(C(C)C)c1Br. The molecule has 6 heteroatoms. The highest BCUT2D eigenvalue weighted by atomic mass is 79.9. The van der Waals surface area contributed by atoms with Gasteiger partial charge in [-0.15, -0.1) is 0 Å². The van der Waals surface area contributed by atoms with E-state index in [1.54, 1.807) is 10.9 Å². The first-order valence-corrected chi connectivity index (χ1v) is 6.56. The monoisotopic (exact) mass is 309 g/mol. The van der Waals surface area contributed by atoms with Crippen LogP contribution in [-0.4, -0.2) is 26.8 Å². The maximum Gasteiger partial charge on any atom is 0.165 e. The Morgan fingerprint density at radius 2 is 2.06 bits per heavy atom. The molecule has 0 amide bonds. The number of aryl methyl sites for hydroxylation is 1. The number of nitrogens with one attached hydrogen (secondary N) is 1. The summed E-state index contributed by atoms with van der Waals surface area (Å²) in [5.41, 5.74) is 1.91. The van der Waals surface area contributed by atoms with Gasteiger partial charge in [0.1, 0.15) is 5.82 Å². The maximum atomic E-state index is 4.61. The van der Waals surface area contributed by atoms with Crippen molar-refractivity contribution in [1.29, 1.82) is 0 Å². The van der Waals surface area contributed by atoms with Gasteiger partial charge >= 0.3 is 0 Å². The van der Waals surface area contributed by atoms with Gasteiger partial charge in [0.25, 0.3) is 0 Å². The summed E-state index contributed by atoms with van der Waals surface area (Å²) < 4.78 is 2.67. The zero-order chi connectivity index (χ0) is 13.3. The highest BCUT2D eigenvalue weighted by Crippen LogP contribution is 2.30. The minimum Gasteiger partial charge on any atom is -0.372 e. The van der Waals surface area contributed by atoms with Gasteiger partial charge in [-0.2, -0.15) is 5.10 Å². The van der Waals surface area contributed by atoms with Crippen molar-refractivity contribution in [3.05, 3.63) is 22.6 Å². The number of anilines is 1. The van der Waals surface area contributed by atoms with E-state index in [4.69, 9.17) is 0 Å². The van der Waals surface area contributed by atoms with Crippen LogP contribution in [0.2, 0.25) is 0 Å². The quantitative estimate of drug-likeness (QED) is 0.947. The Labute approximate surface area is 115 Å². The molecular weight excluding hydrogens is 294 g/mol. The van der Waals surface area contributed by atoms with E-state index in [0.29, 0.717) is 11.7 Å². The molecule has 0 fully saturated rings. The molecule has 18 heavy (non-hydrogen) atoms. The van der Waals surface area contributed by atoms with Gasteiger partial charge in [0.05, 0.1) is 21.9 Å². The standard InChI is InChI=1S/C12H16BrN5/c1-7(2)10-9(13)12(14-3)17-11(16-10)8-5-15-18(4)6-8/h5-7H,1-4H3,(H,14,16,17).